The van der Waals surface area contributed by atoms with Crippen molar-refractivity contribution in [2.45, 2.75) is 44.7 Å². The minimum atomic E-state index is -0.0928. The molecule has 1 saturated carbocycles. The average Bonchev–Trinajstić information content (AvgIpc) is 3.31. The molecule has 0 aliphatic heterocycles. The Bertz CT molecular complexity index is 928. The van der Waals surface area contributed by atoms with E-state index in [1.807, 2.05) is 54.7 Å². The zero-order valence-corrected chi connectivity index (χ0v) is 16.9. The molecule has 150 valence electrons. The lowest BCUT2D eigenvalue weighted by Gasteiger charge is -2.31. The van der Waals surface area contributed by atoms with E-state index in [9.17, 15) is 4.79 Å². The van der Waals surface area contributed by atoms with E-state index >= 15 is 0 Å². The summed E-state index contributed by atoms with van der Waals surface area (Å²) in [6, 6.07) is 18.1. The predicted octanol–water partition coefficient (Wildman–Crippen LogP) is 4.89. The molecule has 0 unspecified atom stereocenters. The molecular weight excluding hydrogens is 360 g/mol. The molecule has 1 N–H and O–H groups in total. The van der Waals surface area contributed by atoms with Crippen molar-refractivity contribution in [3.8, 4) is 5.69 Å². The third-order valence-electron chi connectivity index (χ3n) is 5.78. The van der Waals surface area contributed by atoms with E-state index in [4.69, 9.17) is 0 Å². The highest BCUT2D eigenvalue weighted by atomic mass is 16.1. The van der Waals surface area contributed by atoms with Crippen molar-refractivity contribution < 1.29 is 4.79 Å². The maximum atomic E-state index is 12.8. The fourth-order valence-electron chi connectivity index (χ4n) is 4.08. The largest absolute Gasteiger partial charge is 0.322 e. The summed E-state index contributed by atoms with van der Waals surface area (Å²) in [5, 5.41) is 7.32. The lowest BCUT2D eigenvalue weighted by molar-refractivity contribution is 0.102. The Labute approximate surface area is 172 Å². The van der Waals surface area contributed by atoms with Crippen molar-refractivity contribution in [1.29, 1.82) is 0 Å². The van der Waals surface area contributed by atoms with Crippen LogP contribution in [-0.4, -0.2) is 33.7 Å². The maximum Gasteiger partial charge on any atom is 0.255 e. The van der Waals surface area contributed by atoms with Gasteiger partial charge >= 0.3 is 0 Å². The molecule has 0 atom stereocenters. The maximum absolute atomic E-state index is 12.8. The summed E-state index contributed by atoms with van der Waals surface area (Å²) in [5.74, 6) is -0.0928. The lowest BCUT2D eigenvalue weighted by atomic mass is 9.94. The molecular formula is C24H28N4O. The van der Waals surface area contributed by atoms with Crippen LogP contribution in [-0.2, 0) is 6.54 Å². The lowest BCUT2D eigenvalue weighted by Crippen LogP contribution is -2.33. The number of nitrogens with zero attached hydrogens (tertiary/aromatic N) is 3. The van der Waals surface area contributed by atoms with Crippen molar-refractivity contribution >= 4 is 11.6 Å². The normalized spacial score (nSPS) is 14.8. The Morgan fingerprint density at radius 1 is 1.07 bits per heavy atom. The topological polar surface area (TPSA) is 50.2 Å². The number of hydrogen-bond acceptors (Lipinski definition) is 3. The second kappa shape index (κ2) is 9.05. The molecule has 5 nitrogen and oxygen atoms in total. The molecule has 1 amide bonds. The number of nitrogens with one attached hydrogen (secondary N) is 1. The van der Waals surface area contributed by atoms with Gasteiger partial charge in [-0.25, -0.2) is 4.68 Å². The SMILES string of the molecule is CN(Cc1ccccc1NC(=O)c1ccc(-n2cccn2)cc1)C1CCCCC1. The number of rotatable bonds is 6. The van der Waals surface area contributed by atoms with Crippen LogP contribution in [0.4, 0.5) is 5.69 Å². The van der Waals surface area contributed by atoms with E-state index in [0.717, 1.165) is 23.5 Å². The van der Waals surface area contributed by atoms with Crippen LogP contribution in [0, 0.1) is 0 Å². The standard InChI is InChI=1S/C24H28N4O/c1-27(21-9-3-2-4-10-21)18-20-8-5-6-11-23(20)26-24(29)19-12-14-22(15-13-19)28-17-7-16-25-28/h5-8,11-17,21H,2-4,9-10,18H2,1H3,(H,26,29). The smallest absolute Gasteiger partial charge is 0.255 e. The number of anilines is 1. The number of carbonyl (C=O) groups is 1. The summed E-state index contributed by atoms with van der Waals surface area (Å²) < 4.78 is 1.78. The second-order valence-corrected chi connectivity index (χ2v) is 7.82. The molecule has 3 aromatic rings. The van der Waals surface area contributed by atoms with Gasteiger partial charge in [-0.3, -0.25) is 9.69 Å². The number of amides is 1. The van der Waals surface area contributed by atoms with Gasteiger partial charge in [0, 0.05) is 36.2 Å². The first-order valence-corrected chi connectivity index (χ1v) is 10.4. The summed E-state index contributed by atoms with van der Waals surface area (Å²) in [4.78, 5) is 15.2. The molecule has 5 heteroatoms. The van der Waals surface area contributed by atoms with Gasteiger partial charge in [0.25, 0.3) is 5.91 Å². The number of para-hydroxylation sites is 1. The van der Waals surface area contributed by atoms with Crippen LogP contribution < -0.4 is 5.32 Å². The molecule has 0 spiro atoms. The Balaban J connectivity index is 1.44. The van der Waals surface area contributed by atoms with Crippen molar-refractivity contribution in [2.24, 2.45) is 0 Å². The molecule has 29 heavy (non-hydrogen) atoms. The van der Waals surface area contributed by atoms with Crippen LogP contribution in [0.25, 0.3) is 5.69 Å². The molecule has 1 heterocycles. The number of aromatic nitrogens is 2. The number of benzene rings is 2. The summed E-state index contributed by atoms with van der Waals surface area (Å²) in [7, 11) is 2.20. The Morgan fingerprint density at radius 3 is 2.55 bits per heavy atom. The molecule has 0 saturated heterocycles. The Hall–Kier alpha value is -2.92. The minimum absolute atomic E-state index is 0.0928. The minimum Gasteiger partial charge on any atom is -0.322 e. The zero-order chi connectivity index (χ0) is 20.1. The monoisotopic (exact) mass is 388 g/mol. The third kappa shape index (κ3) is 4.74. The van der Waals surface area contributed by atoms with E-state index in [1.54, 1.807) is 10.9 Å². The summed E-state index contributed by atoms with van der Waals surface area (Å²) in [6.07, 6.45) is 10.2. The molecule has 0 radical (unpaired) electrons. The molecule has 0 bridgehead atoms. The highest BCUT2D eigenvalue weighted by Crippen LogP contribution is 2.25. The van der Waals surface area contributed by atoms with Crippen LogP contribution in [0.5, 0.6) is 0 Å². The van der Waals surface area contributed by atoms with Gasteiger partial charge in [-0.05, 0) is 61.9 Å². The van der Waals surface area contributed by atoms with Crippen LogP contribution >= 0.6 is 0 Å². The molecule has 2 aromatic carbocycles. The first kappa shape index (κ1) is 19.4. The van der Waals surface area contributed by atoms with Gasteiger partial charge in [-0.2, -0.15) is 5.10 Å². The van der Waals surface area contributed by atoms with Crippen molar-refractivity contribution in [3.63, 3.8) is 0 Å². The Morgan fingerprint density at radius 2 is 1.83 bits per heavy atom. The Kier molecular flexibility index (Phi) is 6.06. The number of carbonyl (C=O) groups excluding carboxylic acids is 1. The average molecular weight is 389 g/mol. The van der Waals surface area contributed by atoms with Gasteiger partial charge < -0.3 is 5.32 Å². The van der Waals surface area contributed by atoms with Gasteiger partial charge in [0.15, 0.2) is 0 Å². The molecule has 1 aliphatic carbocycles. The van der Waals surface area contributed by atoms with Gasteiger partial charge in [0.05, 0.1) is 5.69 Å². The quantitative estimate of drug-likeness (QED) is 0.654. The van der Waals surface area contributed by atoms with E-state index in [1.165, 1.54) is 32.1 Å². The van der Waals surface area contributed by atoms with E-state index in [2.05, 4.69) is 28.4 Å². The first-order valence-electron chi connectivity index (χ1n) is 10.4. The molecule has 1 aromatic heterocycles. The van der Waals surface area contributed by atoms with Crippen LogP contribution in [0.15, 0.2) is 67.0 Å². The van der Waals surface area contributed by atoms with Crippen LogP contribution in [0.1, 0.15) is 48.0 Å². The predicted molar refractivity (Wildman–Crippen MR) is 116 cm³/mol. The van der Waals surface area contributed by atoms with Crippen molar-refractivity contribution in [3.05, 3.63) is 78.1 Å². The summed E-state index contributed by atoms with van der Waals surface area (Å²) >= 11 is 0. The fourth-order valence-corrected chi connectivity index (χ4v) is 4.08. The van der Waals surface area contributed by atoms with Crippen molar-refractivity contribution in [1.82, 2.24) is 14.7 Å². The van der Waals surface area contributed by atoms with Gasteiger partial charge in [-0.15, -0.1) is 0 Å². The van der Waals surface area contributed by atoms with Crippen LogP contribution in [0.3, 0.4) is 0 Å². The van der Waals surface area contributed by atoms with E-state index < -0.39 is 0 Å². The zero-order valence-electron chi connectivity index (χ0n) is 16.9. The second-order valence-electron chi connectivity index (χ2n) is 7.82. The number of hydrogen-bond donors (Lipinski definition) is 1. The van der Waals surface area contributed by atoms with Crippen LogP contribution in [0.2, 0.25) is 0 Å². The molecule has 1 fully saturated rings. The molecule has 1 aliphatic rings. The highest BCUT2D eigenvalue weighted by molar-refractivity contribution is 6.04. The fraction of sp³-hybridized carbons (Fsp3) is 0.333. The first-order chi connectivity index (χ1) is 14.2. The van der Waals surface area contributed by atoms with E-state index in [0.29, 0.717) is 11.6 Å². The summed E-state index contributed by atoms with van der Waals surface area (Å²) in [5.41, 5.74) is 3.61. The van der Waals surface area contributed by atoms with Gasteiger partial charge in [0.1, 0.15) is 0 Å². The van der Waals surface area contributed by atoms with Gasteiger partial charge in [0.2, 0.25) is 0 Å². The van der Waals surface area contributed by atoms with E-state index in [-0.39, 0.29) is 5.91 Å². The van der Waals surface area contributed by atoms with Gasteiger partial charge in [-0.1, -0.05) is 37.5 Å². The van der Waals surface area contributed by atoms with Crippen molar-refractivity contribution in [2.75, 3.05) is 12.4 Å². The molecule has 4 rings (SSSR count). The highest BCUT2D eigenvalue weighted by Gasteiger charge is 2.19. The summed E-state index contributed by atoms with van der Waals surface area (Å²) in [6.45, 7) is 0.847. The third-order valence-corrected chi connectivity index (χ3v) is 5.78.